The maximum atomic E-state index is 11.9. The summed E-state index contributed by atoms with van der Waals surface area (Å²) in [6.07, 6.45) is 0. The van der Waals surface area contributed by atoms with Crippen LogP contribution < -0.4 is 0 Å². The number of hydrogen-bond acceptors (Lipinski definition) is 2. The van der Waals surface area contributed by atoms with E-state index in [1.54, 1.807) is 22.8 Å². The standard InChI is InChI=1S/C16H12ClNO2/c1-9(19)11-3-5-13-14-8-12(17)4-6-15(14)18(10(2)20)16(13)7-11/h3-8H,1-2H3. The molecule has 100 valence electrons. The van der Waals surface area contributed by atoms with Gasteiger partial charge in [0.15, 0.2) is 5.78 Å². The molecule has 0 spiro atoms. The minimum Gasteiger partial charge on any atom is -0.295 e. The summed E-state index contributed by atoms with van der Waals surface area (Å²) in [4.78, 5) is 23.5. The first-order valence-electron chi connectivity index (χ1n) is 6.24. The lowest BCUT2D eigenvalue weighted by molar-refractivity contribution is 0.0944. The van der Waals surface area contributed by atoms with Gasteiger partial charge in [0.1, 0.15) is 0 Å². The molecule has 0 bridgehead atoms. The molecule has 3 nitrogen and oxygen atoms in total. The van der Waals surface area contributed by atoms with Crippen molar-refractivity contribution in [2.75, 3.05) is 0 Å². The fourth-order valence-electron chi connectivity index (χ4n) is 2.55. The monoisotopic (exact) mass is 285 g/mol. The molecular formula is C16H12ClNO2. The van der Waals surface area contributed by atoms with Crippen LogP contribution in [0.5, 0.6) is 0 Å². The maximum absolute atomic E-state index is 11.9. The summed E-state index contributed by atoms with van der Waals surface area (Å²) in [6, 6.07) is 10.8. The third-order valence-corrected chi connectivity index (χ3v) is 3.68. The predicted molar refractivity (Wildman–Crippen MR) is 80.8 cm³/mol. The van der Waals surface area contributed by atoms with Gasteiger partial charge in [0.25, 0.3) is 0 Å². The fourth-order valence-corrected chi connectivity index (χ4v) is 2.72. The fraction of sp³-hybridized carbons (Fsp3) is 0.125. The van der Waals surface area contributed by atoms with Gasteiger partial charge in [-0.2, -0.15) is 0 Å². The van der Waals surface area contributed by atoms with Crippen LogP contribution in [0.1, 0.15) is 29.0 Å². The molecule has 3 aromatic rings. The van der Waals surface area contributed by atoms with Crippen LogP contribution in [0.2, 0.25) is 5.02 Å². The molecule has 4 heteroatoms. The van der Waals surface area contributed by atoms with Crippen molar-refractivity contribution < 1.29 is 9.59 Å². The van der Waals surface area contributed by atoms with Gasteiger partial charge in [-0.1, -0.05) is 23.7 Å². The molecule has 0 saturated carbocycles. The first-order chi connectivity index (χ1) is 9.49. The number of rotatable bonds is 1. The Bertz CT molecular complexity index is 877. The summed E-state index contributed by atoms with van der Waals surface area (Å²) in [5.74, 6) is -0.113. The topological polar surface area (TPSA) is 39.1 Å². The summed E-state index contributed by atoms with van der Waals surface area (Å²) in [5, 5.41) is 2.45. The Balaban J connectivity index is 2.53. The minimum absolute atomic E-state index is 0.0229. The van der Waals surface area contributed by atoms with E-state index in [0.717, 1.165) is 21.8 Å². The lowest BCUT2D eigenvalue weighted by atomic mass is 10.1. The molecule has 0 atom stereocenters. The number of halogens is 1. The number of Topliss-reactive ketones (excluding diaryl/α,β-unsaturated/α-hetero) is 1. The molecule has 3 rings (SSSR count). The van der Waals surface area contributed by atoms with Crippen molar-refractivity contribution in [3.05, 3.63) is 47.0 Å². The number of nitrogens with zero attached hydrogens (tertiary/aromatic N) is 1. The SMILES string of the molecule is CC(=O)c1ccc2c3cc(Cl)ccc3n(C(C)=O)c2c1. The molecule has 2 aromatic carbocycles. The van der Waals surface area contributed by atoms with Crippen LogP contribution in [-0.4, -0.2) is 16.3 Å². The third kappa shape index (κ3) is 1.82. The van der Waals surface area contributed by atoms with Gasteiger partial charge < -0.3 is 0 Å². The van der Waals surface area contributed by atoms with Crippen molar-refractivity contribution >= 4 is 45.1 Å². The summed E-state index contributed by atoms with van der Waals surface area (Å²) < 4.78 is 1.62. The van der Waals surface area contributed by atoms with Crippen molar-refractivity contribution in [1.82, 2.24) is 4.57 Å². The van der Waals surface area contributed by atoms with E-state index < -0.39 is 0 Å². The molecule has 0 N–H and O–H groups in total. The average Bonchev–Trinajstić information content (AvgIpc) is 2.71. The summed E-state index contributed by atoms with van der Waals surface area (Å²) >= 11 is 6.04. The van der Waals surface area contributed by atoms with Gasteiger partial charge in [0.05, 0.1) is 11.0 Å². The lowest BCUT2D eigenvalue weighted by Crippen LogP contribution is -2.05. The van der Waals surface area contributed by atoms with Crippen molar-refractivity contribution in [2.24, 2.45) is 0 Å². The quantitative estimate of drug-likeness (QED) is 0.625. The van der Waals surface area contributed by atoms with Crippen LogP contribution in [0, 0.1) is 0 Å². The van der Waals surface area contributed by atoms with Crippen LogP contribution >= 0.6 is 11.6 Å². The number of benzene rings is 2. The van der Waals surface area contributed by atoms with Gasteiger partial charge in [-0.15, -0.1) is 0 Å². The smallest absolute Gasteiger partial charge is 0.228 e. The average molecular weight is 286 g/mol. The first kappa shape index (κ1) is 12.9. The third-order valence-electron chi connectivity index (χ3n) is 3.45. The van der Waals surface area contributed by atoms with Gasteiger partial charge in [0, 0.05) is 28.3 Å². The molecule has 0 saturated heterocycles. The second kappa shape index (κ2) is 4.46. The van der Waals surface area contributed by atoms with E-state index in [0.29, 0.717) is 10.6 Å². The van der Waals surface area contributed by atoms with Crippen LogP contribution in [0.25, 0.3) is 21.8 Å². The largest absolute Gasteiger partial charge is 0.295 e. The lowest BCUT2D eigenvalue weighted by Gasteiger charge is -2.02. The summed E-state index contributed by atoms with van der Waals surface area (Å²) in [7, 11) is 0. The predicted octanol–water partition coefficient (Wildman–Crippen LogP) is 4.31. The molecule has 0 aliphatic rings. The van der Waals surface area contributed by atoms with E-state index in [1.165, 1.54) is 13.8 Å². The molecule has 0 radical (unpaired) electrons. The van der Waals surface area contributed by atoms with Gasteiger partial charge in [0.2, 0.25) is 5.91 Å². The molecule has 20 heavy (non-hydrogen) atoms. The zero-order valence-corrected chi connectivity index (χ0v) is 11.9. The Kier molecular flexibility index (Phi) is 2.87. The normalized spacial score (nSPS) is 11.2. The molecule has 0 aliphatic carbocycles. The minimum atomic E-state index is -0.0898. The van der Waals surface area contributed by atoms with E-state index >= 15 is 0 Å². The molecule has 0 unspecified atom stereocenters. The van der Waals surface area contributed by atoms with Gasteiger partial charge in [-0.3, -0.25) is 14.2 Å². The first-order valence-corrected chi connectivity index (χ1v) is 6.62. The molecule has 0 amide bonds. The van der Waals surface area contributed by atoms with Crippen molar-refractivity contribution in [3.63, 3.8) is 0 Å². The zero-order chi connectivity index (χ0) is 14.4. The number of carbonyl (C=O) groups excluding carboxylic acids is 2. The summed E-state index contributed by atoms with van der Waals surface area (Å²) in [5.41, 5.74) is 2.13. The van der Waals surface area contributed by atoms with Gasteiger partial charge in [-0.25, -0.2) is 0 Å². The number of aromatic nitrogens is 1. The number of carbonyl (C=O) groups is 2. The van der Waals surface area contributed by atoms with Crippen LogP contribution in [-0.2, 0) is 0 Å². The number of hydrogen-bond donors (Lipinski definition) is 0. The molecule has 1 aromatic heterocycles. The van der Waals surface area contributed by atoms with Crippen LogP contribution in [0.4, 0.5) is 0 Å². The zero-order valence-electron chi connectivity index (χ0n) is 11.1. The van der Waals surface area contributed by atoms with E-state index in [9.17, 15) is 9.59 Å². The van der Waals surface area contributed by atoms with Crippen LogP contribution in [0.3, 0.4) is 0 Å². The summed E-state index contributed by atoms with van der Waals surface area (Å²) in [6.45, 7) is 3.02. The van der Waals surface area contributed by atoms with E-state index in [2.05, 4.69) is 0 Å². The molecule has 0 aliphatic heterocycles. The van der Waals surface area contributed by atoms with Crippen molar-refractivity contribution in [1.29, 1.82) is 0 Å². The highest BCUT2D eigenvalue weighted by molar-refractivity contribution is 6.32. The molecular weight excluding hydrogens is 274 g/mol. The second-order valence-corrected chi connectivity index (χ2v) is 5.24. The van der Waals surface area contributed by atoms with Gasteiger partial charge >= 0.3 is 0 Å². The Hall–Kier alpha value is -2.13. The Morgan fingerprint density at radius 1 is 0.950 bits per heavy atom. The molecule has 1 heterocycles. The second-order valence-electron chi connectivity index (χ2n) is 4.80. The highest BCUT2D eigenvalue weighted by Gasteiger charge is 2.14. The number of fused-ring (bicyclic) bond motifs is 3. The maximum Gasteiger partial charge on any atom is 0.228 e. The number of ketones is 1. The van der Waals surface area contributed by atoms with E-state index in [4.69, 9.17) is 11.6 Å². The Morgan fingerprint density at radius 3 is 2.35 bits per heavy atom. The Labute approximate surface area is 120 Å². The molecule has 0 fully saturated rings. The van der Waals surface area contributed by atoms with E-state index in [-0.39, 0.29) is 11.7 Å². The van der Waals surface area contributed by atoms with E-state index in [1.807, 2.05) is 18.2 Å². The van der Waals surface area contributed by atoms with Crippen molar-refractivity contribution in [3.8, 4) is 0 Å². The van der Waals surface area contributed by atoms with Crippen LogP contribution in [0.15, 0.2) is 36.4 Å². The highest BCUT2D eigenvalue weighted by atomic mass is 35.5. The van der Waals surface area contributed by atoms with Gasteiger partial charge in [-0.05, 0) is 31.2 Å². The van der Waals surface area contributed by atoms with Crippen molar-refractivity contribution in [2.45, 2.75) is 13.8 Å². The Morgan fingerprint density at radius 2 is 1.70 bits per heavy atom. The highest BCUT2D eigenvalue weighted by Crippen LogP contribution is 2.31.